The van der Waals surface area contributed by atoms with E-state index in [0.717, 1.165) is 25.0 Å². The lowest BCUT2D eigenvalue weighted by Crippen LogP contribution is -2.33. The van der Waals surface area contributed by atoms with Crippen molar-refractivity contribution in [3.8, 4) is 0 Å². The van der Waals surface area contributed by atoms with Crippen LogP contribution in [0.4, 0.5) is 5.82 Å². The zero-order chi connectivity index (χ0) is 21.9. The lowest BCUT2D eigenvalue weighted by atomic mass is 10.1. The van der Waals surface area contributed by atoms with Gasteiger partial charge in [-0.15, -0.1) is 6.58 Å². The summed E-state index contributed by atoms with van der Waals surface area (Å²) in [6.45, 7) is 3.09. The van der Waals surface area contributed by atoms with Crippen LogP contribution in [0.5, 0.6) is 0 Å². The molecule has 12 nitrogen and oxygen atoms in total. The van der Waals surface area contributed by atoms with Gasteiger partial charge in [-0.05, 0) is 19.3 Å². The number of ether oxygens (including phenoxy) is 1. The molecule has 0 amide bonds. The Morgan fingerprint density at radius 2 is 2.10 bits per heavy atom. The molecule has 0 aliphatic carbocycles. The van der Waals surface area contributed by atoms with E-state index >= 15 is 0 Å². The lowest BCUT2D eigenvalue weighted by molar-refractivity contribution is -0.0504. The van der Waals surface area contributed by atoms with Crippen molar-refractivity contribution in [2.24, 2.45) is 0 Å². The van der Waals surface area contributed by atoms with E-state index in [-0.39, 0.29) is 5.82 Å². The molecule has 14 heteroatoms. The van der Waals surface area contributed by atoms with Gasteiger partial charge in [0.05, 0.1) is 12.9 Å². The number of aliphatic hydroxyl groups is 2. The highest BCUT2D eigenvalue weighted by Crippen LogP contribution is 2.39. The van der Waals surface area contributed by atoms with Gasteiger partial charge in [0.25, 0.3) is 0 Å². The van der Waals surface area contributed by atoms with E-state index in [2.05, 4.69) is 26.1 Å². The topological polar surface area (TPSA) is 186 Å². The maximum atomic E-state index is 10.9. The number of unbranched alkanes of at least 4 members (excludes halogenated alkanes) is 2. The summed E-state index contributed by atoms with van der Waals surface area (Å²) in [7, 11) is -4.75. The van der Waals surface area contributed by atoms with Gasteiger partial charge in [0.15, 0.2) is 22.8 Å². The molecule has 3 heterocycles. The highest BCUT2D eigenvalue weighted by molar-refractivity contribution is 7.99. The Hall–Kier alpha value is -1.57. The Morgan fingerprint density at radius 3 is 2.80 bits per heavy atom. The van der Waals surface area contributed by atoms with E-state index in [1.807, 2.05) is 6.08 Å². The fourth-order valence-corrected chi connectivity index (χ4v) is 4.18. The molecule has 4 atom stereocenters. The summed E-state index contributed by atoms with van der Waals surface area (Å²) in [6, 6.07) is 0. The number of nitrogens with zero attached hydrogens (tertiary/aromatic N) is 4. The molecular weight excluding hydrogens is 437 g/mol. The van der Waals surface area contributed by atoms with E-state index in [9.17, 15) is 14.8 Å². The van der Waals surface area contributed by atoms with E-state index in [1.165, 1.54) is 22.7 Å². The Labute approximate surface area is 176 Å². The van der Waals surface area contributed by atoms with Crippen LogP contribution >= 0.6 is 19.6 Å². The van der Waals surface area contributed by atoms with Crippen LogP contribution in [0.2, 0.25) is 0 Å². The second kappa shape index (κ2) is 9.71. The van der Waals surface area contributed by atoms with Crippen molar-refractivity contribution in [1.82, 2.24) is 19.5 Å². The number of anilines is 1. The molecule has 0 saturated carbocycles. The van der Waals surface area contributed by atoms with Crippen LogP contribution in [0, 0.1) is 0 Å². The molecule has 30 heavy (non-hydrogen) atoms. The molecule has 0 spiro atoms. The number of nitrogen functional groups attached to an aromatic ring is 1. The molecular formula is C16H24N5O7PS. The van der Waals surface area contributed by atoms with Crippen LogP contribution in [0.1, 0.15) is 25.5 Å². The van der Waals surface area contributed by atoms with Crippen LogP contribution in [0.25, 0.3) is 11.2 Å². The second-order valence-electron chi connectivity index (χ2n) is 6.68. The molecule has 2 aromatic rings. The molecule has 1 saturated heterocycles. The summed E-state index contributed by atoms with van der Waals surface area (Å²) in [6.07, 6.45) is 1.00. The normalized spacial score (nSPS) is 24.5. The summed E-state index contributed by atoms with van der Waals surface area (Å²) in [5.74, 6) is 0.956. The van der Waals surface area contributed by atoms with Gasteiger partial charge >= 0.3 is 7.82 Å². The highest BCUT2D eigenvalue weighted by Gasteiger charge is 2.45. The van der Waals surface area contributed by atoms with Gasteiger partial charge < -0.3 is 30.5 Å². The highest BCUT2D eigenvalue weighted by atomic mass is 32.2. The summed E-state index contributed by atoms with van der Waals surface area (Å²) < 4.78 is 22.3. The van der Waals surface area contributed by atoms with Crippen LogP contribution in [-0.4, -0.2) is 70.2 Å². The number of allylic oxidation sites excluding steroid dienone is 1. The first kappa shape index (κ1) is 23.1. The Balaban J connectivity index is 1.78. The van der Waals surface area contributed by atoms with Gasteiger partial charge in [-0.3, -0.25) is 9.09 Å². The Kier molecular flexibility index (Phi) is 7.47. The van der Waals surface area contributed by atoms with Gasteiger partial charge in [0.2, 0.25) is 0 Å². The third-order valence-corrected chi connectivity index (χ3v) is 5.90. The van der Waals surface area contributed by atoms with E-state index < -0.39 is 39.0 Å². The first-order valence-electron chi connectivity index (χ1n) is 9.16. The summed E-state index contributed by atoms with van der Waals surface area (Å²) in [4.78, 5) is 30.5. The molecule has 0 radical (unpaired) electrons. The minimum Gasteiger partial charge on any atom is -0.387 e. The molecule has 0 unspecified atom stereocenters. The van der Waals surface area contributed by atoms with Gasteiger partial charge in [-0.25, -0.2) is 19.5 Å². The third-order valence-electron chi connectivity index (χ3n) is 4.48. The van der Waals surface area contributed by atoms with E-state index in [1.54, 1.807) is 0 Å². The number of hydrogen-bond donors (Lipinski definition) is 5. The van der Waals surface area contributed by atoms with Gasteiger partial charge in [0, 0.05) is 5.75 Å². The monoisotopic (exact) mass is 461 g/mol. The van der Waals surface area contributed by atoms with E-state index in [4.69, 9.17) is 20.3 Å². The van der Waals surface area contributed by atoms with Crippen LogP contribution in [0.3, 0.4) is 0 Å². The number of fused-ring (bicyclic) bond motifs is 1. The smallest absolute Gasteiger partial charge is 0.387 e. The van der Waals surface area contributed by atoms with Crippen molar-refractivity contribution in [3.63, 3.8) is 0 Å². The quantitative estimate of drug-likeness (QED) is 0.109. The first-order chi connectivity index (χ1) is 14.2. The van der Waals surface area contributed by atoms with Crippen molar-refractivity contribution < 1.29 is 33.8 Å². The zero-order valence-corrected chi connectivity index (χ0v) is 17.7. The van der Waals surface area contributed by atoms with Gasteiger partial charge in [0.1, 0.15) is 23.8 Å². The van der Waals surface area contributed by atoms with Crippen molar-refractivity contribution in [1.29, 1.82) is 0 Å². The molecule has 1 fully saturated rings. The summed E-state index contributed by atoms with van der Waals surface area (Å²) >= 11 is 1.43. The Bertz CT molecular complexity index is 938. The number of phosphoric acid groups is 1. The molecule has 2 aromatic heterocycles. The van der Waals surface area contributed by atoms with Crippen molar-refractivity contribution >= 4 is 36.6 Å². The maximum Gasteiger partial charge on any atom is 0.469 e. The van der Waals surface area contributed by atoms with Gasteiger partial charge in [-0.2, -0.15) is 0 Å². The van der Waals surface area contributed by atoms with Gasteiger partial charge in [-0.1, -0.05) is 17.8 Å². The SMILES string of the molecule is C=CCCCCSc1nc(N)c2ncn([C@@H]3O[C@H](COP(=O)(O)O)[C@@H](O)[C@H]3O)c2n1. The number of hydrogen-bond acceptors (Lipinski definition) is 10. The average Bonchev–Trinajstić information content (AvgIpc) is 3.21. The maximum absolute atomic E-state index is 10.9. The number of nitrogens with two attached hydrogens (primary N) is 1. The predicted molar refractivity (Wildman–Crippen MR) is 108 cm³/mol. The number of rotatable bonds is 10. The second-order valence-corrected chi connectivity index (χ2v) is 8.98. The van der Waals surface area contributed by atoms with Crippen LogP contribution < -0.4 is 5.73 Å². The molecule has 166 valence electrons. The van der Waals surface area contributed by atoms with Crippen molar-refractivity contribution in [3.05, 3.63) is 19.0 Å². The average molecular weight is 461 g/mol. The predicted octanol–water partition coefficient (Wildman–Crippen LogP) is 0.585. The van der Waals surface area contributed by atoms with Crippen molar-refractivity contribution in [2.45, 2.75) is 49.0 Å². The standard InChI is InChI=1S/C16H24N5O7PS/c1-2-3-4-5-6-30-16-19-13(17)10-14(20-16)21(8-18-10)15-12(23)11(22)9(28-15)7-27-29(24,25)26/h2,8-9,11-12,15,22-23H,1,3-7H2,(H2,17,19,20)(H2,24,25,26)/t9-,11-,12-,15-/m1/s1. The number of phosphoric ester groups is 1. The Morgan fingerprint density at radius 1 is 1.33 bits per heavy atom. The van der Waals surface area contributed by atoms with Crippen molar-refractivity contribution in [2.75, 3.05) is 18.1 Å². The minimum atomic E-state index is -4.75. The number of aromatic nitrogens is 4. The molecule has 3 rings (SSSR count). The number of thioether (sulfide) groups is 1. The molecule has 1 aliphatic heterocycles. The molecule has 0 bridgehead atoms. The fraction of sp³-hybridized carbons (Fsp3) is 0.562. The van der Waals surface area contributed by atoms with Crippen LogP contribution in [0.15, 0.2) is 24.1 Å². The summed E-state index contributed by atoms with van der Waals surface area (Å²) in [5, 5.41) is 21.0. The van der Waals surface area contributed by atoms with Crippen LogP contribution in [-0.2, 0) is 13.8 Å². The molecule has 1 aliphatic rings. The minimum absolute atomic E-state index is 0.168. The number of imidazole rings is 1. The summed E-state index contributed by atoms with van der Waals surface area (Å²) in [5.41, 5.74) is 6.61. The molecule has 0 aromatic carbocycles. The number of aliphatic hydroxyl groups excluding tert-OH is 2. The largest absolute Gasteiger partial charge is 0.469 e. The fourth-order valence-electron chi connectivity index (χ4n) is 2.99. The third kappa shape index (κ3) is 5.37. The first-order valence-corrected chi connectivity index (χ1v) is 11.7. The van der Waals surface area contributed by atoms with E-state index in [0.29, 0.717) is 16.3 Å². The zero-order valence-electron chi connectivity index (χ0n) is 15.9. The molecule has 6 N–H and O–H groups in total. The lowest BCUT2D eigenvalue weighted by Gasteiger charge is -2.17.